The van der Waals surface area contributed by atoms with Gasteiger partial charge in [-0.1, -0.05) is 0 Å². The van der Waals surface area contributed by atoms with Crippen molar-refractivity contribution in [1.82, 2.24) is 5.32 Å². The van der Waals surface area contributed by atoms with E-state index in [9.17, 15) is 14.0 Å². The predicted octanol–water partition coefficient (Wildman–Crippen LogP) is 0.879. The minimum atomic E-state index is -0.699. The summed E-state index contributed by atoms with van der Waals surface area (Å²) in [4.78, 5) is 23.8. The molecule has 1 aliphatic heterocycles. The molecule has 0 saturated carbocycles. The number of anilines is 1. The van der Waals surface area contributed by atoms with Crippen LogP contribution in [-0.4, -0.2) is 38.6 Å². The second kappa shape index (κ2) is 6.85. The molecule has 0 bridgehead atoms. The van der Waals surface area contributed by atoms with Gasteiger partial charge in [0.2, 0.25) is 11.8 Å². The Morgan fingerprint density at radius 3 is 2.68 bits per heavy atom. The Kier molecular flexibility index (Phi) is 5.10. The highest BCUT2D eigenvalue weighted by Gasteiger charge is 2.40. The van der Waals surface area contributed by atoms with Crippen LogP contribution >= 0.6 is 0 Å². The van der Waals surface area contributed by atoms with Crippen LogP contribution in [0.25, 0.3) is 0 Å². The van der Waals surface area contributed by atoms with Crippen LogP contribution < -0.4 is 16.4 Å². The van der Waals surface area contributed by atoms with E-state index in [1.54, 1.807) is 0 Å². The van der Waals surface area contributed by atoms with Gasteiger partial charge in [-0.2, -0.15) is 0 Å². The molecule has 0 aromatic heterocycles. The maximum Gasteiger partial charge on any atom is 0.248 e. The number of hydrogen-bond acceptors (Lipinski definition) is 4. The largest absolute Gasteiger partial charge is 0.384 e. The van der Waals surface area contributed by atoms with Crippen molar-refractivity contribution in [2.45, 2.75) is 12.8 Å². The Labute approximate surface area is 128 Å². The number of piperidine rings is 1. The SMILES string of the molecule is COCC1(C(=O)Nc2cc(C(N)=O)ccc2F)CCNCC1. The first-order valence-electron chi connectivity index (χ1n) is 7.09. The van der Waals surface area contributed by atoms with E-state index in [2.05, 4.69) is 10.6 Å². The van der Waals surface area contributed by atoms with Gasteiger partial charge in [0.25, 0.3) is 0 Å². The molecule has 4 N–H and O–H groups in total. The van der Waals surface area contributed by atoms with E-state index in [0.29, 0.717) is 25.9 Å². The van der Waals surface area contributed by atoms with E-state index in [1.807, 2.05) is 0 Å². The average molecular weight is 309 g/mol. The van der Waals surface area contributed by atoms with E-state index in [0.717, 1.165) is 6.07 Å². The number of methoxy groups -OCH3 is 1. The standard InChI is InChI=1S/C15H20FN3O3/c1-22-9-15(4-6-18-7-5-15)14(21)19-12-8-10(13(17)20)2-3-11(12)16/h2-3,8,18H,4-7,9H2,1H3,(H2,17,20)(H,19,21). The van der Waals surface area contributed by atoms with E-state index in [1.165, 1.54) is 19.2 Å². The predicted molar refractivity (Wildman–Crippen MR) is 80.0 cm³/mol. The fraction of sp³-hybridized carbons (Fsp3) is 0.467. The number of ether oxygens (including phenoxy) is 1. The highest BCUT2D eigenvalue weighted by molar-refractivity contribution is 5.98. The van der Waals surface area contributed by atoms with E-state index >= 15 is 0 Å². The first-order chi connectivity index (χ1) is 10.5. The number of nitrogens with one attached hydrogen (secondary N) is 2. The minimum Gasteiger partial charge on any atom is -0.384 e. The lowest BCUT2D eigenvalue weighted by Crippen LogP contribution is -2.47. The van der Waals surface area contributed by atoms with Gasteiger partial charge in [0.15, 0.2) is 0 Å². The molecule has 22 heavy (non-hydrogen) atoms. The van der Waals surface area contributed by atoms with Gasteiger partial charge in [0.05, 0.1) is 17.7 Å². The molecule has 1 aromatic rings. The maximum atomic E-state index is 13.9. The Balaban J connectivity index is 2.22. The molecule has 0 unspecified atom stereocenters. The third kappa shape index (κ3) is 3.42. The molecule has 0 aliphatic carbocycles. The summed E-state index contributed by atoms with van der Waals surface area (Å²) < 4.78 is 19.0. The van der Waals surface area contributed by atoms with Crippen LogP contribution in [0, 0.1) is 11.2 Å². The van der Waals surface area contributed by atoms with Crippen LogP contribution in [0.2, 0.25) is 0 Å². The molecule has 6 nitrogen and oxygen atoms in total. The van der Waals surface area contributed by atoms with E-state index in [-0.39, 0.29) is 23.8 Å². The fourth-order valence-corrected chi connectivity index (χ4v) is 2.65. The molecule has 1 aliphatic rings. The van der Waals surface area contributed by atoms with Gasteiger partial charge >= 0.3 is 0 Å². The third-order valence-electron chi connectivity index (χ3n) is 3.96. The average Bonchev–Trinajstić information content (AvgIpc) is 2.50. The first kappa shape index (κ1) is 16.4. The van der Waals surface area contributed by atoms with Crippen molar-refractivity contribution in [3.05, 3.63) is 29.6 Å². The topological polar surface area (TPSA) is 93.4 Å². The summed E-state index contributed by atoms with van der Waals surface area (Å²) in [6, 6.07) is 3.64. The monoisotopic (exact) mass is 309 g/mol. The fourth-order valence-electron chi connectivity index (χ4n) is 2.65. The Bertz CT molecular complexity index is 566. The van der Waals surface area contributed by atoms with Gasteiger partial charge in [-0.3, -0.25) is 9.59 Å². The summed E-state index contributed by atoms with van der Waals surface area (Å²) in [7, 11) is 1.53. The van der Waals surface area contributed by atoms with Crippen molar-refractivity contribution in [2.24, 2.45) is 11.1 Å². The molecule has 120 valence electrons. The molecule has 1 heterocycles. The van der Waals surface area contributed by atoms with Crippen LogP contribution in [0.1, 0.15) is 23.2 Å². The Morgan fingerprint density at radius 2 is 2.09 bits per heavy atom. The lowest BCUT2D eigenvalue weighted by molar-refractivity contribution is -0.130. The Hall–Kier alpha value is -1.99. The second-order valence-corrected chi connectivity index (χ2v) is 5.48. The van der Waals surface area contributed by atoms with Crippen molar-refractivity contribution in [1.29, 1.82) is 0 Å². The van der Waals surface area contributed by atoms with E-state index < -0.39 is 17.1 Å². The number of carbonyl (C=O) groups excluding carboxylic acids is 2. The quantitative estimate of drug-likeness (QED) is 0.752. The highest BCUT2D eigenvalue weighted by atomic mass is 19.1. The normalized spacial score (nSPS) is 17.0. The van der Waals surface area contributed by atoms with Crippen molar-refractivity contribution >= 4 is 17.5 Å². The zero-order chi connectivity index (χ0) is 16.2. The zero-order valence-corrected chi connectivity index (χ0v) is 12.4. The van der Waals surface area contributed by atoms with Crippen LogP contribution in [0.5, 0.6) is 0 Å². The summed E-state index contributed by atoms with van der Waals surface area (Å²) in [6.07, 6.45) is 1.20. The van der Waals surface area contributed by atoms with Gasteiger partial charge in [0.1, 0.15) is 5.82 Å². The van der Waals surface area contributed by atoms with E-state index in [4.69, 9.17) is 10.5 Å². The van der Waals surface area contributed by atoms with Crippen molar-refractivity contribution in [3.63, 3.8) is 0 Å². The number of carbonyl (C=O) groups is 2. The summed E-state index contributed by atoms with van der Waals surface area (Å²) in [6.45, 7) is 1.65. The molecule has 1 saturated heterocycles. The lowest BCUT2D eigenvalue weighted by atomic mass is 9.78. The zero-order valence-electron chi connectivity index (χ0n) is 12.4. The van der Waals surface area contributed by atoms with Gasteiger partial charge < -0.3 is 21.1 Å². The molecular formula is C15H20FN3O3. The highest BCUT2D eigenvalue weighted by Crippen LogP contribution is 2.31. The number of hydrogen-bond donors (Lipinski definition) is 3. The van der Waals surface area contributed by atoms with Crippen LogP contribution in [-0.2, 0) is 9.53 Å². The summed E-state index contributed by atoms with van der Waals surface area (Å²) >= 11 is 0. The van der Waals surface area contributed by atoms with Crippen LogP contribution in [0.3, 0.4) is 0 Å². The lowest BCUT2D eigenvalue weighted by Gasteiger charge is -2.35. The molecule has 7 heteroatoms. The number of amides is 2. The number of nitrogens with two attached hydrogens (primary N) is 1. The smallest absolute Gasteiger partial charge is 0.248 e. The minimum absolute atomic E-state index is 0.0460. The number of halogens is 1. The maximum absolute atomic E-state index is 13.9. The van der Waals surface area contributed by atoms with Crippen LogP contribution in [0.4, 0.5) is 10.1 Å². The summed E-state index contributed by atoms with van der Waals surface area (Å²) in [5, 5.41) is 5.75. The van der Waals surface area contributed by atoms with Gasteiger partial charge in [-0.15, -0.1) is 0 Å². The molecule has 2 rings (SSSR count). The Morgan fingerprint density at radius 1 is 1.41 bits per heavy atom. The van der Waals surface area contributed by atoms with Crippen molar-refractivity contribution in [2.75, 3.05) is 32.1 Å². The molecule has 2 amide bonds. The first-order valence-corrected chi connectivity index (χ1v) is 7.09. The van der Waals surface area contributed by atoms with Gasteiger partial charge in [0, 0.05) is 12.7 Å². The summed E-state index contributed by atoms with van der Waals surface area (Å²) in [5.41, 5.74) is 4.57. The third-order valence-corrected chi connectivity index (χ3v) is 3.96. The number of benzene rings is 1. The van der Waals surface area contributed by atoms with Crippen molar-refractivity contribution in [3.8, 4) is 0 Å². The van der Waals surface area contributed by atoms with Crippen molar-refractivity contribution < 1.29 is 18.7 Å². The molecule has 0 atom stereocenters. The molecule has 0 radical (unpaired) electrons. The number of primary amides is 1. The molecular weight excluding hydrogens is 289 g/mol. The summed E-state index contributed by atoms with van der Waals surface area (Å²) in [5.74, 6) is -1.60. The van der Waals surface area contributed by atoms with Crippen LogP contribution in [0.15, 0.2) is 18.2 Å². The van der Waals surface area contributed by atoms with Gasteiger partial charge in [-0.05, 0) is 44.1 Å². The molecule has 1 aromatic carbocycles. The molecule has 1 fully saturated rings. The second-order valence-electron chi connectivity index (χ2n) is 5.48. The number of rotatable bonds is 5. The van der Waals surface area contributed by atoms with Gasteiger partial charge in [-0.25, -0.2) is 4.39 Å². The molecule has 0 spiro atoms.